The van der Waals surface area contributed by atoms with E-state index in [1.165, 1.54) is 0 Å². The molecule has 0 bridgehead atoms. The van der Waals surface area contributed by atoms with Crippen molar-refractivity contribution < 1.29 is 23.8 Å². The molecule has 0 atom stereocenters. The summed E-state index contributed by atoms with van der Waals surface area (Å²) in [5, 5.41) is 16.3. The van der Waals surface area contributed by atoms with Crippen molar-refractivity contribution in [3.63, 3.8) is 0 Å². The van der Waals surface area contributed by atoms with E-state index in [0.29, 0.717) is 12.8 Å². The van der Waals surface area contributed by atoms with E-state index in [1.54, 1.807) is 13.8 Å². The van der Waals surface area contributed by atoms with Crippen LogP contribution < -0.4 is 5.73 Å². The smallest absolute Gasteiger partial charge is 0.350 e. The fraction of sp³-hybridized carbons (Fsp3) is 1.00. The van der Waals surface area contributed by atoms with Gasteiger partial charge in [0, 0.05) is 0 Å². The average Bonchev–Trinajstić information content (AvgIpc) is 2.32. The fourth-order valence-electron chi connectivity index (χ4n) is 1.25. The van der Waals surface area contributed by atoms with E-state index in [0.717, 1.165) is 0 Å². The van der Waals surface area contributed by atoms with Gasteiger partial charge in [0.25, 0.3) is 0 Å². The molecule has 0 aromatic carbocycles. The third-order valence-electron chi connectivity index (χ3n) is 2.47. The van der Waals surface area contributed by atoms with E-state index >= 15 is 0 Å². The predicted octanol–water partition coefficient (Wildman–Crippen LogP) is 0.672. The zero-order chi connectivity index (χ0) is 12.7. The second-order valence-corrected chi connectivity index (χ2v) is 5.82. The maximum absolute atomic E-state index is 12.4. The van der Waals surface area contributed by atoms with Crippen molar-refractivity contribution in [2.24, 2.45) is 5.73 Å². The first-order valence-electron chi connectivity index (χ1n) is 5.39. The van der Waals surface area contributed by atoms with Crippen LogP contribution in [0.3, 0.4) is 0 Å². The molecule has 0 saturated carbocycles. The Morgan fingerprint density at radius 3 is 1.75 bits per heavy atom. The lowest BCUT2D eigenvalue weighted by atomic mass is 10.2. The van der Waals surface area contributed by atoms with Crippen molar-refractivity contribution in [2.45, 2.75) is 32.0 Å². The maximum Gasteiger partial charge on any atom is 0.350 e. The summed E-state index contributed by atoms with van der Waals surface area (Å²) in [6.07, 6.45) is 0.856. The van der Waals surface area contributed by atoms with Gasteiger partial charge in [0.15, 0.2) is 0 Å². The Kier molecular flexibility index (Phi) is 7.39. The van der Waals surface area contributed by atoms with Crippen LogP contribution in [0.2, 0.25) is 0 Å². The van der Waals surface area contributed by atoms with E-state index in [1.807, 2.05) is 0 Å². The number of aliphatic hydroxyl groups excluding tert-OH is 2. The summed E-state index contributed by atoms with van der Waals surface area (Å²) in [6.45, 7) is 2.89. The van der Waals surface area contributed by atoms with Crippen LogP contribution in [-0.2, 0) is 13.6 Å². The topological polar surface area (TPSA) is 102 Å². The number of hydrogen-bond acceptors (Lipinski definition) is 6. The first-order chi connectivity index (χ1) is 7.49. The van der Waals surface area contributed by atoms with Gasteiger partial charge in [0.2, 0.25) is 0 Å². The molecule has 0 amide bonds. The normalized spacial score (nSPS) is 13.1. The molecule has 6 nitrogen and oxygen atoms in total. The summed E-state index contributed by atoms with van der Waals surface area (Å²) >= 11 is 0. The van der Waals surface area contributed by atoms with Crippen LogP contribution >= 0.6 is 7.60 Å². The van der Waals surface area contributed by atoms with Gasteiger partial charge in [-0.25, -0.2) is 0 Å². The Morgan fingerprint density at radius 1 is 1.12 bits per heavy atom. The van der Waals surface area contributed by atoms with Crippen LogP contribution in [0.15, 0.2) is 0 Å². The van der Waals surface area contributed by atoms with Gasteiger partial charge in [-0.1, -0.05) is 13.8 Å². The monoisotopic (exact) mass is 255 g/mol. The van der Waals surface area contributed by atoms with Crippen LogP contribution in [0.1, 0.15) is 26.7 Å². The van der Waals surface area contributed by atoms with E-state index in [9.17, 15) is 4.57 Å². The Hall–Kier alpha value is 0.0300. The molecule has 0 heterocycles. The second kappa shape index (κ2) is 7.37. The summed E-state index contributed by atoms with van der Waals surface area (Å²) in [5.74, 6) is 0. The maximum atomic E-state index is 12.4. The highest BCUT2D eigenvalue weighted by atomic mass is 31.2. The summed E-state index contributed by atoms with van der Waals surface area (Å²) in [4.78, 5) is 0. The SMILES string of the molecule is CCC(N)(CC)P(=O)(OCCO)OCCO. The Bertz CT molecular complexity index is 220. The molecular formula is C9H22NO5P. The lowest BCUT2D eigenvalue weighted by molar-refractivity contribution is 0.127. The molecule has 16 heavy (non-hydrogen) atoms. The summed E-state index contributed by atoms with van der Waals surface area (Å²) < 4.78 is 22.6. The third-order valence-corrected chi connectivity index (χ3v) is 5.24. The molecule has 0 aliphatic carbocycles. The van der Waals surface area contributed by atoms with Crippen molar-refractivity contribution in [2.75, 3.05) is 26.4 Å². The Morgan fingerprint density at radius 2 is 1.50 bits per heavy atom. The van der Waals surface area contributed by atoms with Crippen LogP contribution in [0.4, 0.5) is 0 Å². The molecule has 0 unspecified atom stereocenters. The van der Waals surface area contributed by atoms with Crippen molar-refractivity contribution in [1.29, 1.82) is 0 Å². The van der Waals surface area contributed by atoms with Crippen LogP contribution in [0.5, 0.6) is 0 Å². The molecule has 0 fully saturated rings. The minimum Gasteiger partial charge on any atom is -0.394 e. The van der Waals surface area contributed by atoms with Gasteiger partial charge in [-0.2, -0.15) is 0 Å². The Labute approximate surface area is 96.3 Å². The zero-order valence-electron chi connectivity index (χ0n) is 9.89. The van der Waals surface area contributed by atoms with E-state index in [2.05, 4.69) is 0 Å². The van der Waals surface area contributed by atoms with Gasteiger partial charge in [0.05, 0.1) is 26.4 Å². The fourth-order valence-corrected chi connectivity index (χ4v) is 3.26. The van der Waals surface area contributed by atoms with Gasteiger partial charge in [-0.15, -0.1) is 0 Å². The largest absolute Gasteiger partial charge is 0.394 e. The van der Waals surface area contributed by atoms with Gasteiger partial charge >= 0.3 is 7.60 Å². The zero-order valence-corrected chi connectivity index (χ0v) is 10.8. The molecule has 0 aliphatic rings. The number of aliphatic hydroxyl groups is 2. The highest BCUT2D eigenvalue weighted by Gasteiger charge is 2.45. The molecule has 7 heteroatoms. The first kappa shape index (κ1) is 16.0. The minimum absolute atomic E-state index is 0.0956. The molecule has 0 spiro atoms. The molecule has 4 N–H and O–H groups in total. The number of hydrogen-bond donors (Lipinski definition) is 3. The van der Waals surface area contributed by atoms with Gasteiger partial charge in [-0.3, -0.25) is 4.57 Å². The molecule has 0 aromatic heterocycles. The number of nitrogens with two attached hydrogens (primary N) is 1. The van der Waals surface area contributed by atoms with Gasteiger partial charge < -0.3 is 25.0 Å². The highest BCUT2D eigenvalue weighted by Crippen LogP contribution is 2.60. The van der Waals surface area contributed by atoms with E-state index in [4.69, 9.17) is 25.0 Å². The lowest BCUT2D eigenvalue weighted by Crippen LogP contribution is -2.40. The average molecular weight is 255 g/mol. The third kappa shape index (κ3) is 3.80. The molecule has 0 aliphatic heterocycles. The molecule has 0 aromatic rings. The quantitative estimate of drug-likeness (QED) is 0.523. The predicted molar refractivity (Wildman–Crippen MR) is 61.2 cm³/mol. The van der Waals surface area contributed by atoms with Gasteiger partial charge in [-0.05, 0) is 12.8 Å². The first-order valence-corrected chi connectivity index (χ1v) is 6.93. The Balaban J connectivity index is 4.81. The number of rotatable bonds is 9. The van der Waals surface area contributed by atoms with Crippen LogP contribution in [0.25, 0.3) is 0 Å². The van der Waals surface area contributed by atoms with Crippen molar-refractivity contribution in [1.82, 2.24) is 0 Å². The van der Waals surface area contributed by atoms with Crippen LogP contribution in [-0.4, -0.2) is 41.9 Å². The molecule has 0 saturated heterocycles. The summed E-state index contributed by atoms with van der Waals surface area (Å²) in [5.41, 5.74) is 5.98. The lowest BCUT2D eigenvalue weighted by Gasteiger charge is -2.34. The van der Waals surface area contributed by atoms with Crippen molar-refractivity contribution >= 4 is 7.60 Å². The van der Waals surface area contributed by atoms with Crippen molar-refractivity contribution in [3.05, 3.63) is 0 Å². The minimum atomic E-state index is -3.52. The van der Waals surface area contributed by atoms with Crippen molar-refractivity contribution in [3.8, 4) is 0 Å². The van der Waals surface area contributed by atoms with E-state index in [-0.39, 0.29) is 26.4 Å². The summed E-state index contributed by atoms with van der Waals surface area (Å²) in [6, 6.07) is 0. The molecule has 98 valence electrons. The standard InChI is InChI=1S/C9H22NO5P/c1-3-9(10,4-2)16(13,14-7-5-11)15-8-6-12/h11-12H,3-8,10H2,1-2H3. The highest BCUT2D eigenvalue weighted by molar-refractivity contribution is 7.55. The van der Waals surface area contributed by atoms with Gasteiger partial charge in [0.1, 0.15) is 5.28 Å². The van der Waals surface area contributed by atoms with E-state index < -0.39 is 12.9 Å². The molecule has 0 rings (SSSR count). The van der Waals surface area contributed by atoms with Crippen LogP contribution in [0, 0.1) is 0 Å². The summed E-state index contributed by atoms with van der Waals surface area (Å²) in [7, 11) is -3.52. The molecule has 0 radical (unpaired) electrons. The molecular weight excluding hydrogens is 233 g/mol. The second-order valence-electron chi connectivity index (χ2n) is 3.42.